The van der Waals surface area contributed by atoms with Gasteiger partial charge in [-0.25, -0.2) is 9.67 Å². The van der Waals surface area contributed by atoms with E-state index in [0.29, 0.717) is 18.2 Å². The van der Waals surface area contributed by atoms with Gasteiger partial charge in [0.25, 0.3) is 5.91 Å². The number of amides is 1. The number of carbonyl (C=O) groups is 1. The summed E-state index contributed by atoms with van der Waals surface area (Å²) < 4.78 is 6.34. The number of hydrogen-bond donors (Lipinski definition) is 1. The van der Waals surface area contributed by atoms with E-state index in [2.05, 4.69) is 25.8 Å². The van der Waals surface area contributed by atoms with Crippen molar-refractivity contribution in [2.75, 3.05) is 19.0 Å². The molecule has 0 saturated carbocycles. The molecule has 19 heavy (non-hydrogen) atoms. The molecule has 0 aliphatic rings. The molecule has 2 aromatic heterocycles. The van der Waals surface area contributed by atoms with E-state index in [1.807, 2.05) is 0 Å². The van der Waals surface area contributed by atoms with Crippen LogP contribution in [0.4, 0.5) is 5.95 Å². The molecule has 0 fully saturated rings. The zero-order valence-electron chi connectivity index (χ0n) is 10.1. The van der Waals surface area contributed by atoms with Crippen LogP contribution in [0.5, 0.6) is 0 Å². The van der Waals surface area contributed by atoms with E-state index in [4.69, 9.17) is 16.3 Å². The van der Waals surface area contributed by atoms with Gasteiger partial charge < -0.3 is 4.74 Å². The first-order chi connectivity index (χ1) is 9.20. The molecule has 2 rings (SSSR count). The van der Waals surface area contributed by atoms with Gasteiger partial charge in [0.05, 0.1) is 18.2 Å². The molecular weight excluding hydrogens is 272 g/mol. The van der Waals surface area contributed by atoms with Gasteiger partial charge in [-0.2, -0.15) is 0 Å². The number of methoxy groups -OCH3 is 1. The van der Waals surface area contributed by atoms with Crippen LogP contribution in [0, 0.1) is 0 Å². The van der Waals surface area contributed by atoms with Crippen molar-refractivity contribution in [3.63, 3.8) is 0 Å². The molecule has 0 aliphatic carbocycles. The molecule has 0 atom stereocenters. The molecule has 1 N–H and O–H groups in total. The molecule has 0 unspecified atom stereocenters. The summed E-state index contributed by atoms with van der Waals surface area (Å²) in [6.07, 6.45) is 1.39. The Kier molecular flexibility index (Phi) is 4.37. The third-order valence-corrected chi connectivity index (χ3v) is 2.45. The Morgan fingerprint density at radius 3 is 3.05 bits per heavy atom. The predicted molar refractivity (Wildman–Crippen MR) is 66.9 cm³/mol. The van der Waals surface area contributed by atoms with Crippen LogP contribution in [-0.4, -0.2) is 44.8 Å². The van der Waals surface area contributed by atoms with Gasteiger partial charge in [0.15, 0.2) is 0 Å². The second-order valence-electron chi connectivity index (χ2n) is 3.53. The zero-order chi connectivity index (χ0) is 13.7. The molecule has 0 bridgehead atoms. The van der Waals surface area contributed by atoms with Gasteiger partial charge in [-0.05, 0) is 22.6 Å². The molecule has 9 heteroatoms. The average molecular weight is 283 g/mol. The van der Waals surface area contributed by atoms with E-state index < -0.39 is 5.91 Å². The lowest BCUT2D eigenvalue weighted by atomic mass is 10.3. The lowest BCUT2D eigenvalue weighted by Crippen LogP contribution is -2.18. The summed E-state index contributed by atoms with van der Waals surface area (Å²) >= 11 is 5.70. The van der Waals surface area contributed by atoms with Gasteiger partial charge in [0.2, 0.25) is 5.95 Å². The Labute approximate surface area is 113 Å². The van der Waals surface area contributed by atoms with Crippen molar-refractivity contribution in [3.8, 4) is 0 Å². The third-order valence-electron chi connectivity index (χ3n) is 2.22. The second kappa shape index (κ2) is 6.21. The van der Waals surface area contributed by atoms with E-state index in [0.717, 1.165) is 0 Å². The topological polar surface area (TPSA) is 94.8 Å². The first-order valence-corrected chi connectivity index (χ1v) is 5.76. The molecule has 0 aliphatic heterocycles. The number of nitrogens with one attached hydrogen (secondary N) is 1. The fourth-order valence-corrected chi connectivity index (χ4v) is 1.41. The summed E-state index contributed by atoms with van der Waals surface area (Å²) in [6, 6.07) is 3.10. The number of ether oxygens (including phenoxy) is 1. The van der Waals surface area contributed by atoms with E-state index >= 15 is 0 Å². The van der Waals surface area contributed by atoms with Gasteiger partial charge in [-0.15, -0.1) is 0 Å². The minimum atomic E-state index is -0.412. The van der Waals surface area contributed by atoms with Gasteiger partial charge in [-0.3, -0.25) is 10.1 Å². The highest BCUT2D eigenvalue weighted by Gasteiger charge is 2.12. The minimum absolute atomic E-state index is 0.227. The number of nitrogens with zero attached hydrogens (tertiary/aromatic N) is 5. The number of tetrazole rings is 1. The van der Waals surface area contributed by atoms with E-state index in [1.165, 1.54) is 16.9 Å². The molecule has 1 amide bonds. The third kappa shape index (κ3) is 3.46. The predicted octanol–water partition coefficient (Wildman–Crippen LogP) is 0.620. The summed E-state index contributed by atoms with van der Waals surface area (Å²) in [5.74, 6) is -0.177. The fraction of sp³-hybridized carbons (Fsp3) is 0.300. The highest BCUT2D eigenvalue weighted by Crippen LogP contribution is 2.08. The number of hydrogen-bond acceptors (Lipinski definition) is 6. The SMILES string of the molecule is COCCn1nnnc1NC(=O)c1ccc(Cl)cn1. The second-order valence-corrected chi connectivity index (χ2v) is 3.97. The lowest BCUT2D eigenvalue weighted by Gasteiger charge is -2.05. The highest BCUT2D eigenvalue weighted by molar-refractivity contribution is 6.30. The van der Waals surface area contributed by atoms with E-state index in [-0.39, 0.29) is 11.6 Å². The Balaban J connectivity index is 2.06. The monoisotopic (exact) mass is 282 g/mol. The van der Waals surface area contributed by atoms with Crippen molar-refractivity contribution in [3.05, 3.63) is 29.0 Å². The number of aromatic nitrogens is 5. The average Bonchev–Trinajstić information content (AvgIpc) is 2.84. The van der Waals surface area contributed by atoms with Gasteiger partial charge in [0, 0.05) is 13.3 Å². The number of halogens is 1. The van der Waals surface area contributed by atoms with Crippen LogP contribution in [0.25, 0.3) is 0 Å². The van der Waals surface area contributed by atoms with Crippen LogP contribution in [0.15, 0.2) is 18.3 Å². The highest BCUT2D eigenvalue weighted by atomic mass is 35.5. The van der Waals surface area contributed by atoms with Crippen LogP contribution in [-0.2, 0) is 11.3 Å². The number of anilines is 1. The number of rotatable bonds is 5. The summed E-state index contributed by atoms with van der Waals surface area (Å²) in [4.78, 5) is 15.8. The van der Waals surface area contributed by atoms with Crippen LogP contribution in [0.1, 0.15) is 10.5 Å². The molecule has 0 saturated heterocycles. The Bertz CT molecular complexity index is 555. The molecular formula is C10H11ClN6O2. The zero-order valence-corrected chi connectivity index (χ0v) is 10.8. The minimum Gasteiger partial charge on any atom is -0.383 e. The first kappa shape index (κ1) is 13.4. The van der Waals surface area contributed by atoms with Crippen molar-refractivity contribution < 1.29 is 9.53 Å². The smallest absolute Gasteiger partial charge is 0.276 e. The fourth-order valence-electron chi connectivity index (χ4n) is 1.30. The van der Waals surface area contributed by atoms with Crippen LogP contribution in [0.3, 0.4) is 0 Å². The normalized spacial score (nSPS) is 10.4. The maximum Gasteiger partial charge on any atom is 0.276 e. The maximum atomic E-state index is 11.9. The first-order valence-electron chi connectivity index (χ1n) is 5.38. The standard InChI is InChI=1S/C10H11ClN6O2/c1-19-5-4-17-10(14-15-16-17)13-9(18)8-3-2-7(11)6-12-8/h2-3,6H,4-5H2,1H3,(H,13,14,16,18). The molecule has 2 aromatic rings. The largest absolute Gasteiger partial charge is 0.383 e. The van der Waals surface area contributed by atoms with Crippen LogP contribution < -0.4 is 5.32 Å². The van der Waals surface area contributed by atoms with Gasteiger partial charge in [-0.1, -0.05) is 16.7 Å². The van der Waals surface area contributed by atoms with Gasteiger partial charge >= 0.3 is 0 Å². The Morgan fingerprint density at radius 2 is 2.37 bits per heavy atom. The van der Waals surface area contributed by atoms with Crippen molar-refractivity contribution in [2.24, 2.45) is 0 Å². The Morgan fingerprint density at radius 1 is 1.53 bits per heavy atom. The van der Waals surface area contributed by atoms with Gasteiger partial charge in [0.1, 0.15) is 5.69 Å². The summed E-state index contributed by atoms with van der Waals surface area (Å²) in [5.41, 5.74) is 0.227. The maximum absolute atomic E-state index is 11.9. The van der Waals surface area contributed by atoms with E-state index in [9.17, 15) is 4.79 Å². The number of pyridine rings is 1. The van der Waals surface area contributed by atoms with Crippen LogP contribution in [0.2, 0.25) is 5.02 Å². The summed E-state index contributed by atoms with van der Waals surface area (Å²) in [5, 5.41) is 14.0. The quantitative estimate of drug-likeness (QED) is 0.864. The molecule has 100 valence electrons. The molecule has 0 spiro atoms. The van der Waals surface area contributed by atoms with Crippen molar-refractivity contribution in [1.82, 2.24) is 25.2 Å². The van der Waals surface area contributed by atoms with Crippen molar-refractivity contribution in [2.45, 2.75) is 6.54 Å². The lowest BCUT2D eigenvalue weighted by molar-refractivity contribution is 0.102. The van der Waals surface area contributed by atoms with E-state index in [1.54, 1.807) is 13.2 Å². The van der Waals surface area contributed by atoms with Crippen molar-refractivity contribution >= 4 is 23.5 Å². The Hall–Kier alpha value is -2.06. The molecule has 8 nitrogen and oxygen atoms in total. The van der Waals surface area contributed by atoms with Crippen molar-refractivity contribution in [1.29, 1.82) is 0 Å². The molecule has 0 aromatic carbocycles. The van der Waals surface area contributed by atoms with Crippen LogP contribution >= 0.6 is 11.6 Å². The molecule has 0 radical (unpaired) electrons. The summed E-state index contributed by atoms with van der Waals surface area (Å²) in [6.45, 7) is 0.875. The summed E-state index contributed by atoms with van der Waals surface area (Å²) in [7, 11) is 1.57. The molecule has 2 heterocycles. The number of carbonyl (C=O) groups excluding carboxylic acids is 1.